The Balaban J connectivity index is 2.82. The first-order chi connectivity index (χ1) is 9.06. The number of nitrogens with one attached hydrogen (secondary N) is 1. The molecule has 0 saturated carbocycles. The van der Waals surface area contributed by atoms with Gasteiger partial charge in [0.2, 0.25) is 5.91 Å². The molecule has 0 aliphatic heterocycles. The van der Waals surface area contributed by atoms with Crippen LogP contribution in [-0.4, -0.2) is 32.7 Å². The fourth-order valence-electron chi connectivity index (χ4n) is 1.56. The van der Waals surface area contributed by atoms with Gasteiger partial charge >= 0.3 is 5.97 Å². The van der Waals surface area contributed by atoms with Crippen LogP contribution in [0.1, 0.15) is 18.0 Å². The van der Waals surface area contributed by atoms with E-state index in [-0.39, 0.29) is 18.9 Å². The van der Waals surface area contributed by atoms with Crippen molar-refractivity contribution in [1.82, 2.24) is 5.32 Å². The molecule has 0 aromatic heterocycles. The van der Waals surface area contributed by atoms with Crippen molar-refractivity contribution in [2.45, 2.75) is 12.5 Å². The lowest BCUT2D eigenvalue weighted by molar-refractivity contribution is -0.141. The average Bonchev–Trinajstić information content (AvgIpc) is 2.39. The summed E-state index contributed by atoms with van der Waals surface area (Å²) in [7, 11) is 2.73. The predicted molar refractivity (Wildman–Crippen MR) is 70.8 cm³/mol. The van der Waals surface area contributed by atoms with Gasteiger partial charge < -0.3 is 14.8 Å². The number of benzene rings is 1. The number of hydrogen-bond acceptors (Lipinski definition) is 4. The summed E-state index contributed by atoms with van der Waals surface area (Å²) in [5, 5.41) is 3.30. The van der Waals surface area contributed by atoms with Gasteiger partial charge in [-0.1, -0.05) is 23.7 Å². The van der Waals surface area contributed by atoms with Crippen molar-refractivity contribution in [3.8, 4) is 0 Å². The number of amides is 1. The number of hydrogen-bond donors (Lipinski definition) is 1. The van der Waals surface area contributed by atoms with Crippen molar-refractivity contribution in [3.05, 3.63) is 34.9 Å². The molecule has 0 fully saturated rings. The fraction of sp³-hybridized carbons (Fsp3) is 0.385. The summed E-state index contributed by atoms with van der Waals surface area (Å²) in [6, 6.07) is 6.44. The van der Waals surface area contributed by atoms with E-state index >= 15 is 0 Å². The van der Waals surface area contributed by atoms with Gasteiger partial charge in [0, 0.05) is 12.1 Å². The number of carbonyl (C=O) groups is 2. The molecule has 0 aliphatic rings. The summed E-state index contributed by atoms with van der Waals surface area (Å²) in [5.74, 6) is -0.705. The molecule has 0 spiro atoms. The Morgan fingerprint density at radius 2 is 1.89 bits per heavy atom. The summed E-state index contributed by atoms with van der Waals surface area (Å²) >= 11 is 5.81. The molecule has 6 heteroatoms. The number of ether oxygens (including phenoxy) is 2. The minimum Gasteiger partial charge on any atom is -0.469 e. The maximum Gasteiger partial charge on any atom is 0.307 e. The van der Waals surface area contributed by atoms with Crippen LogP contribution in [0.3, 0.4) is 0 Å². The van der Waals surface area contributed by atoms with Gasteiger partial charge in [-0.25, -0.2) is 0 Å². The highest BCUT2D eigenvalue weighted by Crippen LogP contribution is 2.19. The van der Waals surface area contributed by atoms with E-state index in [1.165, 1.54) is 14.2 Å². The summed E-state index contributed by atoms with van der Waals surface area (Å²) in [6.45, 7) is -0.0642. The molecule has 0 unspecified atom stereocenters. The predicted octanol–water partition coefficient (Wildman–Crippen LogP) is 1.71. The molecule has 5 nitrogen and oxygen atoms in total. The lowest BCUT2D eigenvalue weighted by atomic mass is 10.0. The van der Waals surface area contributed by atoms with Crippen molar-refractivity contribution >= 4 is 23.5 Å². The van der Waals surface area contributed by atoms with Crippen molar-refractivity contribution < 1.29 is 19.1 Å². The maximum absolute atomic E-state index is 11.5. The van der Waals surface area contributed by atoms with Crippen LogP contribution >= 0.6 is 11.6 Å². The molecule has 0 aliphatic carbocycles. The van der Waals surface area contributed by atoms with Gasteiger partial charge in [-0.2, -0.15) is 0 Å². The van der Waals surface area contributed by atoms with Gasteiger partial charge in [0.25, 0.3) is 0 Å². The molecule has 1 rings (SSSR count). The molecule has 1 atom stereocenters. The third-order valence-corrected chi connectivity index (χ3v) is 2.73. The van der Waals surface area contributed by atoms with E-state index in [2.05, 4.69) is 10.1 Å². The standard InChI is InChI=1S/C13H16ClNO4/c1-18-8-12(16)15-11(7-13(17)19-2)9-3-5-10(14)6-4-9/h3-6,11H,7-8H2,1-2H3,(H,15,16)/t11-/m0/s1. The largest absolute Gasteiger partial charge is 0.469 e. The van der Waals surface area contributed by atoms with Crippen molar-refractivity contribution in [2.24, 2.45) is 0 Å². The summed E-state index contributed by atoms with van der Waals surface area (Å²) < 4.78 is 9.36. The number of methoxy groups -OCH3 is 2. The Labute approximate surface area is 116 Å². The molecule has 0 heterocycles. The molecule has 104 valence electrons. The first-order valence-electron chi connectivity index (χ1n) is 5.67. The molecular formula is C13H16ClNO4. The normalized spacial score (nSPS) is 11.7. The summed E-state index contributed by atoms with van der Waals surface area (Å²) in [6.07, 6.45) is 0.0492. The number of halogens is 1. The van der Waals surface area contributed by atoms with Crippen molar-refractivity contribution in [2.75, 3.05) is 20.8 Å². The Morgan fingerprint density at radius 1 is 1.26 bits per heavy atom. The molecule has 1 amide bonds. The molecule has 0 radical (unpaired) electrons. The average molecular weight is 286 g/mol. The van der Waals surface area contributed by atoms with Crippen LogP contribution in [0.4, 0.5) is 0 Å². The Hall–Kier alpha value is -1.59. The second-order valence-corrected chi connectivity index (χ2v) is 4.32. The van der Waals surface area contributed by atoms with E-state index in [1.54, 1.807) is 24.3 Å². The zero-order chi connectivity index (χ0) is 14.3. The van der Waals surface area contributed by atoms with E-state index in [1.807, 2.05) is 0 Å². The van der Waals surface area contributed by atoms with Crippen LogP contribution in [0.5, 0.6) is 0 Å². The van der Waals surface area contributed by atoms with Gasteiger partial charge in [0.1, 0.15) is 6.61 Å². The van der Waals surface area contributed by atoms with Crippen LogP contribution in [0.15, 0.2) is 24.3 Å². The number of esters is 1. The van der Waals surface area contributed by atoms with Gasteiger partial charge in [-0.05, 0) is 17.7 Å². The van der Waals surface area contributed by atoms with Gasteiger partial charge in [0.05, 0.1) is 19.6 Å². The lowest BCUT2D eigenvalue weighted by Crippen LogP contribution is -2.32. The number of carbonyl (C=O) groups excluding carboxylic acids is 2. The van der Waals surface area contributed by atoms with E-state index in [0.717, 1.165) is 5.56 Å². The zero-order valence-electron chi connectivity index (χ0n) is 10.8. The first-order valence-corrected chi connectivity index (χ1v) is 6.05. The molecule has 1 N–H and O–H groups in total. The quantitative estimate of drug-likeness (QED) is 0.808. The second-order valence-electron chi connectivity index (χ2n) is 3.88. The van der Waals surface area contributed by atoms with E-state index in [4.69, 9.17) is 16.3 Å². The molecule has 0 bridgehead atoms. The van der Waals surface area contributed by atoms with Crippen LogP contribution in [0.2, 0.25) is 5.02 Å². The van der Waals surface area contributed by atoms with Crippen LogP contribution in [0.25, 0.3) is 0 Å². The fourth-order valence-corrected chi connectivity index (χ4v) is 1.69. The van der Waals surface area contributed by atoms with Gasteiger partial charge in [-0.15, -0.1) is 0 Å². The third-order valence-electron chi connectivity index (χ3n) is 2.48. The highest BCUT2D eigenvalue weighted by Gasteiger charge is 2.18. The molecule has 0 saturated heterocycles. The van der Waals surface area contributed by atoms with E-state index in [0.29, 0.717) is 5.02 Å². The van der Waals surface area contributed by atoms with Gasteiger partial charge in [-0.3, -0.25) is 9.59 Å². The van der Waals surface area contributed by atoms with Crippen molar-refractivity contribution in [1.29, 1.82) is 0 Å². The summed E-state index contributed by atoms with van der Waals surface area (Å²) in [5.41, 5.74) is 0.777. The molecule has 1 aromatic rings. The SMILES string of the molecule is COCC(=O)N[C@@H](CC(=O)OC)c1ccc(Cl)cc1. The second kappa shape index (κ2) is 7.76. The van der Waals surface area contributed by atoms with Gasteiger partial charge in [0.15, 0.2) is 0 Å². The molecule has 19 heavy (non-hydrogen) atoms. The lowest BCUT2D eigenvalue weighted by Gasteiger charge is -2.18. The topological polar surface area (TPSA) is 64.6 Å². The third kappa shape index (κ3) is 5.28. The van der Waals surface area contributed by atoms with E-state index < -0.39 is 12.0 Å². The van der Waals surface area contributed by atoms with Crippen molar-refractivity contribution in [3.63, 3.8) is 0 Å². The van der Waals surface area contributed by atoms with Crippen LogP contribution < -0.4 is 5.32 Å². The summed E-state index contributed by atoms with van der Waals surface area (Å²) in [4.78, 5) is 22.9. The smallest absolute Gasteiger partial charge is 0.307 e. The molecular weight excluding hydrogens is 270 g/mol. The van der Waals surface area contributed by atoms with Crippen LogP contribution in [-0.2, 0) is 19.1 Å². The minimum atomic E-state index is -0.465. The zero-order valence-corrected chi connectivity index (χ0v) is 11.6. The Bertz CT molecular complexity index is 433. The van der Waals surface area contributed by atoms with Crippen LogP contribution in [0, 0.1) is 0 Å². The Kier molecular flexibility index (Phi) is 6.32. The molecule has 1 aromatic carbocycles. The van der Waals surface area contributed by atoms with E-state index in [9.17, 15) is 9.59 Å². The monoisotopic (exact) mass is 285 g/mol. The number of rotatable bonds is 6. The minimum absolute atomic E-state index is 0.0492. The maximum atomic E-state index is 11.5. The highest BCUT2D eigenvalue weighted by molar-refractivity contribution is 6.30. The first kappa shape index (κ1) is 15.5. The Morgan fingerprint density at radius 3 is 2.42 bits per heavy atom. The highest BCUT2D eigenvalue weighted by atomic mass is 35.5.